The van der Waals surface area contributed by atoms with Crippen molar-refractivity contribution in [3.05, 3.63) is 58.7 Å². The molecule has 1 fully saturated rings. The molecule has 3 heterocycles. The number of anilines is 3. The van der Waals surface area contributed by atoms with Gasteiger partial charge >= 0.3 is 0 Å². The molecule has 0 aliphatic carbocycles. The SMILES string of the molecule is COc1cc(N2CCNCC2)ccc1Nc1ncc(Cl)c(Oc2cccc3c2C(=O)N(C)C3C)n1. The van der Waals surface area contributed by atoms with E-state index in [0.717, 1.165) is 37.4 Å². The molecule has 0 bridgehead atoms. The molecule has 1 amide bonds. The normalized spacial score (nSPS) is 17.4. The molecule has 0 saturated carbocycles. The fourth-order valence-electron chi connectivity index (χ4n) is 4.38. The summed E-state index contributed by atoms with van der Waals surface area (Å²) < 4.78 is 11.7. The lowest BCUT2D eigenvalue weighted by Gasteiger charge is -2.30. The number of aromatic nitrogens is 2. The van der Waals surface area contributed by atoms with Gasteiger partial charge in [0.05, 0.1) is 30.6 Å². The van der Waals surface area contributed by atoms with Crippen molar-refractivity contribution in [2.45, 2.75) is 13.0 Å². The number of hydrogen-bond acceptors (Lipinski definition) is 8. The van der Waals surface area contributed by atoms with Gasteiger partial charge in [0.25, 0.3) is 5.91 Å². The fraction of sp³-hybridized carbons (Fsp3) is 0.320. The Kier molecular flexibility index (Phi) is 6.36. The number of nitrogens with zero attached hydrogens (tertiary/aromatic N) is 4. The molecule has 9 nitrogen and oxygen atoms in total. The number of carbonyl (C=O) groups excluding carboxylic acids is 1. The molecule has 35 heavy (non-hydrogen) atoms. The maximum Gasteiger partial charge on any atom is 0.258 e. The highest BCUT2D eigenvalue weighted by Crippen LogP contribution is 2.40. The molecular weight excluding hydrogens is 468 g/mol. The zero-order chi connectivity index (χ0) is 24.5. The van der Waals surface area contributed by atoms with Gasteiger partial charge in [-0.15, -0.1) is 0 Å². The van der Waals surface area contributed by atoms with Crippen LogP contribution in [-0.4, -0.2) is 61.1 Å². The molecule has 0 spiro atoms. The number of rotatable bonds is 6. The number of nitrogens with one attached hydrogen (secondary N) is 2. The Labute approximate surface area is 209 Å². The van der Waals surface area contributed by atoms with Crippen LogP contribution in [0.5, 0.6) is 17.4 Å². The van der Waals surface area contributed by atoms with E-state index in [1.54, 1.807) is 25.1 Å². The first-order valence-electron chi connectivity index (χ1n) is 11.5. The number of carbonyl (C=O) groups is 1. The predicted octanol–water partition coefficient (Wildman–Crippen LogP) is 4.23. The van der Waals surface area contributed by atoms with Crippen molar-refractivity contribution in [2.24, 2.45) is 0 Å². The highest BCUT2D eigenvalue weighted by atomic mass is 35.5. The first kappa shape index (κ1) is 23.2. The van der Waals surface area contributed by atoms with Gasteiger partial charge in [0.2, 0.25) is 11.8 Å². The Morgan fingerprint density at radius 1 is 1.17 bits per heavy atom. The topological polar surface area (TPSA) is 91.8 Å². The van der Waals surface area contributed by atoms with Crippen molar-refractivity contribution in [2.75, 3.05) is 50.6 Å². The summed E-state index contributed by atoms with van der Waals surface area (Å²) in [6, 6.07) is 11.5. The summed E-state index contributed by atoms with van der Waals surface area (Å²) in [7, 11) is 3.40. The van der Waals surface area contributed by atoms with Crippen molar-refractivity contribution < 1.29 is 14.3 Å². The summed E-state index contributed by atoms with van der Waals surface area (Å²) in [6.07, 6.45) is 1.47. The summed E-state index contributed by atoms with van der Waals surface area (Å²) in [5, 5.41) is 6.79. The van der Waals surface area contributed by atoms with Crippen LogP contribution in [0.4, 0.5) is 17.3 Å². The molecule has 3 aromatic rings. The minimum Gasteiger partial charge on any atom is -0.494 e. The summed E-state index contributed by atoms with van der Waals surface area (Å²) in [5.41, 5.74) is 3.24. The zero-order valence-electron chi connectivity index (χ0n) is 19.8. The summed E-state index contributed by atoms with van der Waals surface area (Å²) >= 11 is 6.35. The molecule has 0 radical (unpaired) electrons. The second-order valence-electron chi connectivity index (χ2n) is 8.51. The van der Waals surface area contributed by atoms with Crippen molar-refractivity contribution >= 4 is 34.8 Å². The maximum absolute atomic E-state index is 12.8. The first-order valence-corrected chi connectivity index (χ1v) is 11.8. The quantitative estimate of drug-likeness (QED) is 0.526. The van der Waals surface area contributed by atoms with Crippen molar-refractivity contribution in [3.63, 3.8) is 0 Å². The van der Waals surface area contributed by atoms with E-state index in [0.29, 0.717) is 28.7 Å². The van der Waals surface area contributed by atoms with Gasteiger partial charge in [-0.1, -0.05) is 23.7 Å². The largest absolute Gasteiger partial charge is 0.494 e. The van der Waals surface area contributed by atoms with Crippen LogP contribution < -0.4 is 25.0 Å². The van der Waals surface area contributed by atoms with Crippen LogP contribution in [0.1, 0.15) is 28.9 Å². The molecule has 2 aromatic carbocycles. The minimum absolute atomic E-state index is 0.0317. The third-order valence-corrected chi connectivity index (χ3v) is 6.72. The van der Waals surface area contributed by atoms with Crippen molar-refractivity contribution in [3.8, 4) is 17.4 Å². The molecule has 182 valence electrons. The van der Waals surface area contributed by atoms with Crippen LogP contribution in [0.25, 0.3) is 0 Å². The Balaban J connectivity index is 1.40. The van der Waals surface area contributed by atoms with E-state index in [2.05, 4.69) is 25.5 Å². The van der Waals surface area contributed by atoms with Gasteiger partial charge in [-0.05, 0) is 30.7 Å². The lowest BCUT2D eigenvalue weighted by atomic mass is 10.1. The van der Waals surface area contributed by atoms with Gasteiger partial charge in [0.15, 0.2) is 0 Å². The number of piperazine rings is 1. The fourth-order valence-corrected chi connectivity index (χ4v) is 4.51. The molecule has 1 aromatic heterocycles. The van der Waals surface area contributed by atoms with Gasteiger partial charge < -0.3 is 29.9 Å². The third-order valence-electron chi connectivity index (χ3n) is 6.46. The van der Waals surface area contributed by atoms with Gasteiger partial charge in [0, 0.05) is 45.0 Å². The van der Waals surface area contributed by atoms with Gasteiger partial charge in [-0.2, -0.15) is 4.98 Å². The average Bonchev–Trinajstić information content (AvgIpc) is 3.11. The maximum atomic E-state index is 12.8. The Hall–Kier alpha value is -3.56. The van der Waals surface area contributed by atoms with Gasteiger partial charge in [-0.3, -0.25) is 4.79 Å². The van der Waals surface area contributed by atoms with E-state index in [9.17, 15) is 4.79 Å². The van der Waals surface area contributed by atoms with Crippen LogP contribution in [0.15, 0.2) is 42.6 Å². The van der Waals surface area contributed by atoms with Crippen LogP contribution in [-0.2, 0) is 0 Å². The van der Waals surface area contributed by atoms with Crippen molar-refractivity contribution in [1.29, 1.82) is 0 Å². The number of halogens is 1. The first-order chi connectivity index (χ1) is 17.0. The second-order valence-corrected chi connectivity index (χ2v) is 8.92. The molecule has 2 aliphatic rings. The minimum atomic E-state index is -0.0964. The highest BCUT2D eigenvalue weighted by Gasteiger charge is 2.34. The van der Waals surface area contributed by atoms with Crippen LogP contribution in [0, 0.1) is 0 Å². The lowest BCUT2D eigenvalue weighted by molar-refractivity contribution is 0.0782. The molecule has 2 aliphatic heterocycles. The van der Waals surface area contributed by atoms with E-state index in [1.165, 1.54) is 6.20 Å². The van der Waals surface area contributed by atoms with Crippen LogP contribution >= 0.6 is 11.6 Å². The molecule has 1 atom stereocenters. The number of fused-ring (bicyclic) bond motifs is 1. The summed E-state index contributed by atoms with van der Waals surface area (Å²) in [4.78, 5) is 25.5. The highest BCUT2D eigenvalue weighted by molar-refractivity contribution is 6.31. The Bertz CT molecular complexity index is 1260. The molecular formula is C25H27ClN6O3. The van der Waals surface area contributed by atoms with Gasteiger partial charge in [-0.25, -0.2) is 4.98 Å². The Morgan fingerprint density at radius 2 is 1.97 bits per heavy atom. The van der Waals surface area contributed by atoms with E-state index < -0.39 is 0 Å². The number of ether oxygens (including phenoxy) is 2. The second kappa shape index (κ2) is 9.59. The average molecular weight is 495 g/mol. The summed E-state index contributed by atoms with van der Waals surface area (Å²) in [5.74, 6) is 1.44. The summed E-state index contributed by atoms with van der Waals surface area (Å²) in [6.45, 7) is 5.77. The Morgan fingerprint density at radius 3 is 2.74 bits per heavy atom. The van der Waals surface area contributed by atoms with Crippen LogP contribution in [0.2, 0.25) is 5.02 Å². The van der Waals surface area contributed by atoms with E-state index in [4.69, 9.17) is 21.1 Å². The lowest BCUT2D eigenvalue weighted by Crippen LogP contribution is -2.43. The van der Waals surface area contributed by atoms with E-state index in [1.807, 2.05) is 37.3 Å². The third kappa shape index (κ3) is 4.44. The molecule has 1 saturated heterocycles. The van der Waals surface area contributed by atoms with E-state index >= 15 is 0 Å². The molecule has 2 N–H and O–H groups in total. The smallest absolute Gasteiger partial charge is 0.258 e. The van der Waals surface area contributed by atoms with E-state index in [-0.39, 0.29) is 22.9 Å². The van der Waals surface area contributed by atoms with Crippen molar-refractivity contribution in [1.82, 2.24) is 20.2 Å². The molecule has 10 heteroatoms. The van der Waals surface area contributed by atoms with Crippen LogP contribution in [0.3, 0.4) is 0 Å². The zero-order valence-corrected chi connectivity index (χ0v) is 20.6. The molecule has 5 rings (SSSR count). The number of benzene rings is 2. The number of hydrogen-bond donors (Lipinski definition) is 2. The monoisotopic (exact) mass is 494 g/mol. The number of methoxy groups -OCH3 is 1. The molecule has 1 unspecified atom stereocenters. The van der Waals surface area contributed by atoms with Gasteiger partial charge in [0.1, 0.15) is 16.5 Å². The standard InChI is InChI=1S/C25H27ClN6O3/c1-15-17-5-4-6-20(22(17)24(33)31(15)2)35-23-18(26)14-28-25(30-23)29-19-8-7-16(13-21(19)34-3)32-11-9-27-10-12-32/h4-8,13-15,27H,9-12H2,1-3H3,(H,28,29,30). The predicted molar refractivity (Wildman–Crippen MR) is 135 cm³/mol. The number of amides is 1.